The van der Waals surface area contributed by atoms with Crippen LogP contribution in [0.5, 0.6) is 0 Å². The summed E-state index contributed by atoms with van der Waals surface area (Å²) in [5.41, 5.74) is 5.19. The summed E-state index contributed by atoms with van der Waals surface area (Å²) in [6.45, 7) is 0. The van der Waals surface area contributed by atoms with E-state index in [1.54, 1.807) is 12.2 Å². The van der Waals surface area contributed by atoms with Crippen LogP contribution in [0.15, 0.2) is 97.1 Å². The number of carbonyl (C=O) groups excluding carboxylic acids is 2. The zero-order valence-corrected chi connectivity index (χ0v) is 17.3. The van der Waals surface area contributed by atoms with Crippen LogP contribution in [0.2, 0.25) is 0 Å². The van der Waals surface area contributed by atoms with Crippen LogP contribution in [0.4, 0.5) is 5.13 Å². The highest BCUT2D eigenvalue weighted by Gasteiger charge is 2.19. The minimum Gasteiger partial charge on any atom is -0.268 e. The molecule has 0 unspecified atom stereocenters. The predicted octanol–water partition coefficient (Wildman–Crippen LogP) is 5.09. The van der Waals surface area contributed by atoms with Gasteiger partial charge in [-0.1, -0.05) is 84.1 Å². The van der Waals surface area contributed by atoms with E-state index in [9.17, 15) is 9.59 Å². The van der Waals surface area contributed by atoms with Gasteiger partial charge in [0.25, 0.3) is 11.8 Å². The lowest BCUT2D eigenvalue weighted by Crippen LogP contribution is -2.45. The van der Waals surface area contributed by atoms with E-state index in [0.717, 1.165) is 21.3 Å². The molecule has 1 heterocycles. The molecule has 0 bridgehead atoms. The molecule has 0 fully saturated rings. The van der Waals surface area contributed by atoms with E-state index in [1.807, 2.05) is 84.9 Å². The molecule has 31 heavy (non-hydrogen) atoms. The minimum atomic E-state index is -0.426. The van der Waals surface area contributed by atoms with E-state index < -0.39 is 11.8 Å². The lowest BCUT2D eigenvalue weighted by Gasteiger charge is -2.17. The standard InChI is InChI=1S/C25H19N3O2S/c29-23(17-15-19-9-3-1-4-10-19)27-28(24(30)18-16-20-11-5-2-6-12-20)25-26-21-13-7-8-14-22(21)31-25/h1-18H,(H,27,29). The highest BCUT2D eigenvalue weighted by atomic mass is 32.1. The maximum absolute atomic E-state index is 13.0. The fourth-order valence-corrected chi connectivity index (χ4v) is 3.78. The number of thiazole rings is 1. The van der Waals surface area contributed by atoms with Gasteiger partial charge in [0.05, 0.1) is 10.2 Å². The largest absolute Gasteiger partial charge is 0.271 e. The number of rotatable bonds is 5. The van der Waals surface area contributed by atoms with Crippen molar-refractivity contribution < 1.29 is 9.59 Å². The number of aromatic nitrogens is 1. The summed E-state index contributed by atoms with van der Waals surface area (Å²) in [5, 5.41) is 1.58. The van der Waals surface area contributed by atoms with Crippen molar-refractivity contribution >= 4 is 50.7 Å². The number of nitrogens with one attached hydrogen (secondary N) is 1. The Bertz CT molecular complexity index is 1210. The molecule has 152 valence electrons. The number of hydrazine groups is 1. The van der Waals surface area contributed by atoms with E-state index in [-0.39, 0.29) is 0 Å². The first-order valence-corrected chi connectivity index (χ1v) is 10.5. The van der Waals surface area contributed by atoms with Crippen molar-refractivity contribution in [2.75, 3.05) is 5.01 Å². The summed E-state index contributed by atoms with van der Waals surface area (Å²) >= 11 is 1.33. The second-order valence-corrected chi connectivity index (χ2v) is 7.61. The zero-order chi connectivity index (χ0) is 21.5. The lowest BCUT2D eigenvalue weighted by molar-refractivity contribution is -0.121. The van der Waals surface area contributed by atoms with Gasteiger partial charge < -0.3 is 0 Å². The Labute approximate surface area is 184 Å². The van der Waals surface area contributed by atoms with Gasteiger partial charge in [0.1, 0.15) is 0 Å². The average Bonchev–Trinajstić information content (AvgIpc) is 3.25. The van der Waals surface area contributed by atoms with Crippen LogP contribution in [0.25, 0.3) is 22.4 Å². The number of hydrogen-bond acceptors (Lipinski definition) is 4. The van der Waals surface area contributed by atoms with Crippen molar-refractivity contribution in [3.63, 3.8) is 0 Å². The SMILES string of the molecule is O=C(C=Cc1ccccc1)NN(C(=O)C=Cc1ccccc1)c1nc2ccccc2s1. The van der Waals surface area contributed by atoms with Crippen molar-refractivity contribution in [3.05, 3.63) is 108 Å². The smallest absolute Gasteiger partial charge is 0.268 e. The van der Waals surface area contributed by atoms with Gasteiger partial charge in [0.2, 0.25) is 5.13 Å². The van der Waals surface area contributed by atoms with E-state index in [4.69, 9.17) is 0 Å². The van der Waals surface area contributed by atoms with Crippen LogP contribution in [-0.2, 0) is 9.59 Å². The summed E-state index contributed by atoms with van der Waals surface area (Å²) < 4.78 is 0.927. The van der Waals surface area contributed by atoms with Crippen LogP contribution in [0, 0.1) is 0 Å². The van der Waals surface area contributed by atoms with Gasteiger partial charge in [-0.25, -0.2) is 4.98 Å². The van der Waals surface area contributed by atoms with Crippen molar-refractivity contribution in [2.24, 2.45) is 0 Å². The first-order chi connectivity index (χ1) is 15.2. The van der Waals surface area contributed by atoms with E-state index in [0.29, 0.717) is 5.13 Å². The number of hydrogen-bond donors (Lipinski definition) is 1. The van der Waals surface area contributed by atoms with Gasteiger partial charge in [-0.05, 0) is 35.4 Å². The highest BCUT2D eigenvalue weighted by molar-refractivity contribution is 7.22. The first kappa shape index (κ1) is 20.3. The quantitative estimate of drug-likeness (QED) is 0.358. The van der Waals surface area contributed by atoms with Gasteiger partial charge in [0, 0.05) is 12.2 Å². The molecule has 5 nitrogen and oxygen atoms in total. The topological polar surface area (TPSA) is 62.3 Å². The van der Waals surface area contributed by atoms with Gasteiger partial charge in [0.15, 0.2) is 0 Å². The molecule has 0 spiro atoms. The molecule has 4 aromatic rings. The van der Waals surface area contributed by atoms with Crippen LogP contribution >= 0.6 is 11.3 Å². The summed E-state index contributed by atoms with van der Waals surface area (Å²) in [6, 6.07) is 26.6. The highest BCUT2D eigenvalue weighted by Crippen LogP contribution is 2.28. The number of anilines is 1. The molecular formula is C25H19N3O2S. The molecule has 1 N–H and O–H groups in total. The van der Waals surface area contributed by atoms with Gasteiger partial charge in [-0.15, -0.1) is 0 Å². The number of nitrogens with zero attached hydrogens (tertiary/aromatic N) is 2. The van der Waals surface area contributed by atoms with Crippen molar-refractivity contribution in [2.45, 2.75) is 0 Å². The second kappa shape index (κ2) is 9.65. The van der Waals surface area contributed by atoms with Crippen LogP contribution in [0.1, 0.15) is 11.1 Å². The van der Waals surface area contributed by atoms with Crippen LogP contribution in [0.3, 0.4) is 0 Å². The van der Waals surface area contributed by atoms with Gasteiger partial charge >= 0.3 is 0 Å². The number of fused-ring (bicyclic) bond motifs is 1. The fraction of sp³-hybridized carbons (Fsp3) is 0. The maximum Gasteiger partial charge on any atom is 0.271 e. The maximum atomic E-state index is 13.0. The first-order valence-electron chi connectivity index (χ1n) is 9.65. The molecule has 0 aliphatic heterocycles. The Hall–Kier alpha value is -4.03. The minimum absolute atomic E-state index is 0.394. The molecule has 0 aliphatic carbocycles. The molecule has 0 aliphatic rings. The Morgan fingerprint density at radius 3 is 2.00 bits per heavy atom. The van der Waals surface area contributed by atoms with Crippen molar-refractivity contribution in [3.8, 4) is 0 Å². The molecule has 1 aromatic heterocycles. The third-order valence-corrected chi connectivity index (χ3v) is 5.38. The molecule has 2 amide bonds. The zero-order valence-electron chi connectivity index (χ0n) is 16.5. The number of para-hydroxylation sites is 1. The molecule has 0 radical (unpaired) electrons. The molecule has 0 saturated carbocycles. The molecule has 0 saturated heterocycles. The van der Waals surface area contributed by atoms with E-state index >= 15 is 0 Å². The summed E-state index contributed by atoms with van der Waals surface area (Å²) in [7, 11) is 0. The number of amides is 2. The van der Waals surface area contributed by atoms with Crippen molar-refractivity contribution in [1.82, 2.24) is 10.4 Å². The Morgan fingerprint density at radius 2 is 1.35 bits per heavy atom. The molecule has 4 rings (SSSR count). The second-order valence-electron chi connectivity index (χ2n) is 6.60. The Morgan fingerprint density at radius 1 is 0.774 bits per heavy atom. The van der Waals surface area contributed by atoms with Gasteiger partial charge in [-0.2, -0.15) is 5.01 Å². The summed E-state index contributed by atoms with van der Waals surface area (Å²) in [5.74, 6) is -0.825. The average molecular weight is 426 g/mol. The molecule has 3 aromatic carbocycles. The molecule has 0 atom stereocenters. The molecule has 6 heteroatoms. The Kier molecular flexibility index (Phi) is 6.30. The third-order valence-electron chi connectivity index (χ3n) is 4.36. The predicted molar refractivity (Wildman–Crippen MR) is 126 cm³/mol. The van der Waals surface area contributed by atoms with Crippen molar-refractivity contribution in [1.29, 1.82) is 0 Å². The van der Waals surface area contributed by atoms with E-state index in [2.05, 4.69) is 10.4 Å². The number of carbonyl (C=O) groups is 2. The van der Waals surface area contributed by atoms with E-state index in [1.165, 1.54) is 28.5 Å². The molecular weight excluding hydrogens is 406 g/mol. The summed E-state index contributed by atoms with van der Waals surface area (Å²) in [6.07, 6.45) is 6.21. The third kappa shape index (κ3) is 5.32. The Balaban J connectivity index is 1.58. The lowest BCUT2D eigenvalue weighted by atomic mass is 10.2. The van der Waals surface area contributed by atoms with Gasteiger partial charge in [-0.3, -0.25) is 15.0 Å². The van der Waals surface area contributed by atoms with Crippen LogP contribution in [-0.4, -0.2) is 16.8 Å². The monoisotopic (exact) mass is 425 g/mol. The fourth-order valence-electron chi connectivity index (χ4n) is 2.84. The number of benzene rings is 3. The summed E-state index contributed by atoms with van der Waals surface area (Å²) in [4.78, 5) is 30.0. The van der Waals surface area contributed by atoms with Crippen LogP contribution < -0.4 is 10.4 Å². The normalized spacial score (nSPS) is 11.2.